The summed E-state index contributed by atoms with van der Waals surface area (Å²) in [5.41, 5.74) is 0. The topological polar surface area (TPSA) is 20.3 Å². The van der Waals surface area contributed by atoms with E-state index in [9.17, 15) is 4.79 Å². The average molecular weight is 278 g/mol. The number of rotatable bonds is 7. The predicted octanol–water partition coefficient (Wildman–Crippen LogP) is 3.44. The summed E-state index contributed by atoms with van der Waals surface area (Å²) < 4.78 is 0. The molecule has 1 unspecified atom stereocenters. The second-order valence-electron chi connectivity index (χ2n) is 3.94. The first-order chi connectivity index (χ1) is 7.10. The van der Waals surface area contributed by atoms with Gasteiger partial charge in [0.15, 0.2) is 0 Å². The van der Waals surface area contributed by atoms with Crippen LogP contribution >= 0.6 is 15.9 Å². The molecule has 0 aliphatic heterocycles. The minimum Gasteiger partial charge on any atom is -0.342 e. The van der Waals surface area contributed by atoms with Gasteiger partial charge in [-0.1, -0.05) is 49.5 Å². The van der Waals surface area contributed by atoms with Crippen molar-refractivity contribution in [2.45, 2.75) is 51.8 Å². The molecule has 0 spiro atoms. The van der Waals surface area contributed by atoms with Gasteiger partial charge in [0.05, 0.1) is 4.83 Å². The summed E-state index contributed by atoms with van der Waals surface area (Å²) in [6.45, 7) is 10.2. The summed E-state index contributed by atoms with van der Waals surface area (Å²) in [5.74, 6) is 0.886. The maximum atomic E-state index is 12.0. The van der Waals surface area contributed by atoms with E-state index in [0.717, 1.165) is 32.4 Å². The fourth-order valence-electron chi connectivity index (χ4n) is 1.61. The number of nitrogens with zero attached hydrogens (tertiary/aromatic N) is 1. The average Bonchev–Trinajstić information content (AvgIpc) is 2.29. The summed E-state index contributed by atoms with van der Waals surface area (Å²) in [6.07, 6.45) is 3.16. The van der Waals surface area contributed by atoms with Crippen molar-refractivity contribution >= 4 is 21.8 Å². The van der Waals surface area contributed by atoms with Crippen LogP contribution in [-0.2, 0) is 4.79 Å². The molecule has 0 aliphatic carbocycles. The molecule has 3 heteroatoms. The van der Waals surface area contributed by atoms with Crippen LogP contribution in [0.1, 0.15) is 47.0 Å². The van der Waals surface area contributed by atoms with Crippen LogP contribution in [0.5, 0.6) is 0 Å². The second kappa shape index (κ2) is 8.14. The van der Waals surface area contributed by atoms with Gasteiger partial charge in [-0.2, -0.15) is 0 Å². The van der Waals surface area contributed by atoms with E-state index < -0.39 is 0 Å². The fourth-order valence-corrected chi connectivity index (χ4v) is 1.90. The molecule has 0 heterocycles. The smallest absolute Gasteiger partial charge is 0.236 e. The first kappa shape index (κ1) is 14.9. The molecule has 0 bridgehead atoms. The van der Waals surface area contributed by atoms with Crippen molar-refractivity contribution in [2.75, 3.05) is 13.1 Å². The Bertz CT molecular complexity index is 180. The first-order valence-electron chi connectivity index (χ1n) is 6.03. The van der Waals surface area contributed by atoms with Gasteiger partial charge in [-0.3, -0.25) is 4.79 Å². The number of hydrogen-bond donors (Lipinski definition) is 0. The minimum absolute atomic E-state index is 0.00758. The molecule has 0 aromatic rings. The molecule has 90 valence electrons. The van der Waals surface area contributed by atoms with Crippen LogP contribution in [0.2, 0.25) is 0 Å². The number of carbonyl (C=O) groups is 1. The highest BCUT2D eigenvalue weighted by atomic mass is 79.9. The lowest BCUT2D eigenvalue weighted by molar-refractivity contribution is -0.131. The van der Waals surface area contributed by atoms with Gasteiger partial charge in [-0.25, -0.2) is 0 Å². The highest BCUT2D eigenvalue weighted by Gasteiger charge is 2.20. The summed E-state index contributed by atoms with van der Waals surface area (Å²) in [6, 6.07) is 0. The lowest BCUT2D eigenvalue weighted by atomic mass is 10.0. The van der Waals surface area contributed by atoms with Crippen molar-refractivity contribution < 1.29 is 4.79 Å². The Labute approximate surface area is 103 Å². The normalized spacial score (nSPS) is 12.9. The molecule has 0 N–H and O–H groups in total. The van der Waals surface area contributed by atoms with Crippen LogP contribution < -0.4 is 0 Å². The van der Waals surface area contributed by atoms with Crippen molar-refractivity contribution in [2.24, 2.45) is 5.92 Å². The largest absolute Gasteiger partial charge is 0.342 e. The van der Waals surface area contributed by atoms with Crippen LogP contribution in [0.15, 0.2) is 0 Å². The number of amides is 1. The summed E-state index contributed by atoms with van der Waals surface area (Å²) in [7, 11) is 0. The summed E-state index contributed by atoms with van der Waals surface area (Å²) in [4.78, 5) is 13.9. The van der Waals surface area contributed by atoms with E-state index >= 15 is 0 Å². The number of hydrogen-bond acceptors (Lipinski definition) is 1. The molecule has 0 radical (unpaired) electrons. The molecule has 2 nitrogen and oxygen atoms in total. The van der Waals surface area contributed by atoms with Gasteiger partial charge in [-0.05, 0) is 19.3 Å². The molecule has 1 amide bonds. The maximum absolute atomic E-state index is 12.0. The molecule has 15 heavy (non-hydrogen) atoms. The SMILES string of the molecule is CCC(CC)CN(CC)C(=O)C(Br)CC. The van der Waals surface area contributed by atoms with Crippen molar-refractivity contribution in [1.82, 2.24) is 4.90 Å². The van der Waals surface area contributed by atoms with Crippen LogP contribution in [-0.4, -0.2) is 28.7 Å². The first-order valence-corrected chi connectivity index (χ1v) is 6.94. The zero-order valence-corrected chi connectivity index (χ0v) is 12.0. The number of carbonyl (C=O) groups excluding carboxylic acids is 1. The van der Waals surface area contributed by atoms with E-state index in [2.05, 4.69) is 36.7 Å². The molecule has 0 saturated carbocycles. The molecule has 1 atom stereocenters. The lowest BCUT2D eigenvalue weighted by Crippen LogP contribution is -2.39. The van der Waals surface area contributed by atoms with E-state index in [0.29, 0.717) is 5.92 Å². The zero-order valence-electron chi connectivity index (χ0n) is 10.4. The van der Waals surface area contributed by atoms with E-state index in [1.807, 2.05) is 11.8 Å². The standard InChI is InChI=1S/C12H24BrNO/c1-5-10(6-2)9-14(8-4)12(15)11(13)7-3/h10-11H,5-9H2,1-4H3. The van der Waals surface area contributed by atoms with E-state index in [1.165, 1.54) is 0 Å². The third-order valence-corrected chi connectivity index (χ3v) is 3.99. The van der Waals surface area contributed by atoms with Crippen LogP contribution in [0.4, 0.5) is 0 Å². The molecule has 0 aliphatic rings. The monoisotopic (exact) mass is 277 g/mol. The summed E-state index contributed by atoms with van der Waals surface area (Å²) >= 11 is 3.43. The van der Waals surface area contributed by atoms with E-state index in [-0.39, 0.29) is 10.7 Å². The molecule has 0 aromatic carbocycles. The molecular weight excluding hydrogens is 254 g/mol. The summed E-state index contributed by atoms with van der Waals surface area (Å²) in [5, 5.41) is 0. The second-order valence-corrected chi connectivity index (χ2v) is 5.04. The van der Waals surface area contributed by atoms with Gasteiger partial charge < -0.3 is 4.90 Å². The van der Waals surface area contributed by atoms with Gasteiger partial charge in [0, 0.05) is 13.1 Å². The third-order valence-electron chi connectivity index (χ3n) is 2.95. The van der Waals surface area contributed by atoms with Gasteiger partial charge >= 0.3 is 0 Å². The zero-order chi connectivity index (χ0) is 11.8. The Morgan fingerprint density at radius 1 is 1.13 bits per heavy atom. The van der Waals surface area contributed by atoms with Crippen LogP contribution in [0.3, 0.4) is 0 Å². The molecule has 0 saturated heterocycles. The Morgan fingerprint density at radius 2 is 1.67 bits per heavy atom. The van der Waals surface area contributed by atoms with Crippen molar-refractivity contribution in [1.29, 1.82) is 0 Å². The van der Waals surface area contributed by atoms with Crippen molar-refractivity contribution in [3.05, 3.63) is 0 Å². The molecule has 0 fully saturated rings. The Kier molecular flexibility index (Phi) is 8.12. The van der Waals surface area contributed by atoms with Gasteiger partial charge in [0.2, 0.25) is 5.91 Å². The molecule has 0 aromatic heterocycles. The van der Waals surface area contributed by atoms with Gasteiger partial charge in [-0.15, -0.1) is 0 Å². The van der Waals surface area contributed by atoms with Crippen molar-refractivity contribution in [3.63, 3.8) is 0 Å². The van der Waals surface area contributed by atoms with Gasteiger partial charge in [0.25, 0.3) is 0 Å². The Hall–Kier alpha value is -0.0500. The number of alkyl halides is 1. The third kappa shape index (κ3) is 5.01. The van der Waals surface area contributed by atoms with E-state index in [4.69, 9.17) is 0 Å². The van der Waals surface area contributed by atoms with Crippen molar-refractivity contribution in [3.8, 4) is 0 Å². The molecule has 0 rings (SSSR count). The maximum Gasteiger partial charge on any atom is 0.236 e. The lowest BCUT2D eigenvalue weighted by Gasteiger charge is -2.27. The quantitative estimate of drug-likeness (QED) is 0.653. The Morgan fingerprint density at radius 3 is 2.00 bits per heavy atom. The highest BCUT2D eigenvalue weighted by Crippen LogP contribution is 2.14. The van der Waals surface area contributed by atoms with E-state index in [1.54, 1.807) is 0 Å². The number of halogens is 1. The van der Waals surface area contributed by atoms with Gasteiger partial charge in [0.1, 0.15) is 0 Å². The van der Waals surface area contributed by atoms with Crippen LogP contribution in [0.25, 0.3) is 0 Å². The fraction of sp³-hybridized carbons (Fsp3) is 0.917. The Balaban J connectivity index is 4.28. The van der Waals surface area contributed by atoms with Crippen LogP contribution in [0, 0.1) is 5.92 Å². The molecular formula is C12H24BrNO. The predicted molar refractivity (Wildman–Crippen MR) is 69.3 cm³/mol. The highest BCUT2D eigenvalue weighted by molar-refractivity contribution is 9.10. The minimum atomic E-state index is -0.00758.